The number of carbonyl (C=O) groups is 2. The monoisotopic (exact) mass is 572 g/mol. The van der Waals surface area contributed by atoms with E-state index in [0.29, 0.717) is 35.8 Å². The largest absolute Gasteiger partial charge is 0.480 e. The number of nitrogens with zero attached hydrogens (tertiary/aromatic N) is 1. The van der Waals surface area contributed by atoms with Gasteiger partial charge in [-0.1, -0.05) is 78.3 Å². The van der Waals surface area contributed by atoms with E-state index in [4.69, 9.17) is 11.6 Å². The van der Waals surface area contributed by atoms with Crippen LogP contribution in [0, 0.1) is 6.92 Å². The number of hydrogen-bond donors (Lipinski definition) is 2. The summed E-state index contributed by atoms with van der Waals surface area (Å²) in [6.45, 7) is 3.27. The molecule has 4 aromatic rings. The number of carboxylic acid groups (broad SMARTS) is 1. The number of anilines is 1. The number of halogens is 1. The zero-order valence-corrected chi connectivity index (χ0v) is 24.2. The highest BCUT2D eigenvalue weighted by Crippen LogP contribution is 2.30. The fourth-order valence-electron chi connectivity index (χ4n) is 4.65. The number of benzene rings is 4. The van der Waals surface area contributed by atoms with E-state index in [1.807, 2.05) is 92.0 Å². The maximum atomic E-state index is 13.5. The number of hydrogen-bond acceptors (Lipinski definition) is 4. The molecule has 40 heavy (non-hydrogen) atoms. The molecule has 0 unspecified atom stereocenters. The van der Waals surface area contributed by atoms with Crippen molar-refractivity contribution in [2.24, 2.45) is 0 Å². The summed E-state index contributed by atoms with van der Waals surface area (Å²) in [5, 5.41) is 13.1. The predicted molar refractivity (Wildman–Crippen MR) is 166 cm³/mol. The Balaban J connectivity index is 1.72. The Bertz CT molecular complexity index is 1460. The van der Waals surface area contributed by atoms with Crippen LogP contribution in [0.25, 0.3) is 11.1 Å². The molecular weight excluding hydrogens is 540 g/mol. The third-order valence-electron chi connectivity index (χ3n) is 6.74. The molecular formula is C33H33ClN2O3S. The van der Waals surface area contributed by atoms with Crippen LogP contribution in [0.3, 0.4) is 0 Å². The van der Waals surface area contributed by atoms with E-state index < -0.39 is 17.9 Å². The lowest BCUT2D eigenvalue weighted by molar-refractivity contribution is -0.139. The molecule has 7 heteroatoms. The number of nitrogens with one attached hydrogen (secondary N) is 1. The molecule has 5 nitrogen and oxygen atoms in total. The van der Waals surface area contributed by atoms with Crippen LogP contribution >= 0.6 is 23.4 Å². The van der Waals surface area contributed by atoms with Gasteiger partial charge in [-0.2, -0.15) is 11.8 Å². The van der Waals surface area contributed by atoms with Crippen LogP contribution in [0.15, 0.2) is 97.1 Å². The highest BCUT2D eigenvalue weighted by atomic mass is 35.5. The Kier molecular flexibility index (Phi) is 10.3. The van der Waals surface area contributed by atoms with Crippen LogP contribution in [0.5, 0.6) is 0 Å². The molecule has 0 aromatic heterocycles. The van der Waals surface area contributed by atoms with Gasteiger partial charge < -0.3 is 15.3 Å². The highest BCUT2D eigenvalue weighted by Gasteiger charge is 2.23. The van der Waals surface area contributed by atoms with E-state index in [1.54, 1.807) is 17.8 Å². The molecule has 0 bridgehead atoms. The van der Waals surface area contributed by atoms with Crippen molar-refractivity contribution < 1.29 is 14.7 Å². The number of amides is 1. The highest BCUT2D eigenvalue weighted by molar-refractivity contribution is 7.98. The van der Waals surface area contributed by atoms with E-state index in [2.05, 4.69) is 22.3 Å². The van der Waals surface area contributed by atoms with Crippen molar-refractivity contribution in [2.75, 3.05) is 16.9 Å². The molecule has 0 aliphatic rings. The van der Waals surface area contributed by atoms with Crippen LogP contribution in [0.1, 0.15) is 33.5 Å². The molecule has 2 N–H and O–H groups in total. The molecule has 1 amide bonds. The molecule has 1 atom stereocenters. The number of aliphatic carboxylic acids is 1. The van der Waals surface area contributed by atoms with Crippen LogP contribution in [-0.2, 0) is 17.9 Å². The van der Waals surface area contributed by atoms with Gasteiger partial charge >= 0.3 is 5.97 Å². The van der Waals surface area contributed by atoms with E-state index in [9.17, 15) is 14.7 Å². The first-order chi connectivity index (χ1) is 19.4. The van der Waals surface area contributed by atoms with Gasteiger partial charge in [-0.15, -0.1) is 0 Å². The normalized spacial score (nSPS) is 11.6. The van der Waals surface area contributed by atoms with Gasteiger partial charge in [0.15, 0.2) is 0 Å². The first-order valence-electron chi connectivity index (χ1n) is 13.1. The molecule has 0 spiro atoms. The Morgan fingerprint density at radius 2 is 1.60 bits per heavy atom. The van der Waals surface area contributed by atoms with E-state index in [1.165, 1.54) is 5.56 Å². The fraction of sp³-hybridized carbons (Fsp3) is 0.212. The third-order valence-corrected chi connectivity index (χ3v) is 7.62. The minimum Gasteiger partial charge on any atom is -0.480 e. The number of thioether (sulfide) groups is 1. The van der Waals surface area contributed by atoms with Crippen molar-refractivity contribution in [3.05, 3.63) is 124 Å². The molecule has 0 heterocycles. The standard InChI is InChI=1S/C33H33ClN2O3S/c1-23-9-6-7-14-28(23)30-19-25(15-16-29(30)32(37)35-31(33(38)39)17-18-40-2)22-36(21-24-10-4-3-5-11-24)27-13-8-12-26(34)20-27/h3-16,19-20,31H,17-18,21-22H2,1-2H3,(H,35,37)(H,38,39)/t31-/m0/s1. The maximum absolute atomic E-state index is 13.5. The smallest absolute Gasteiger partial charge is 0.326 e. The first kappa shape index (κ1) is 29.2. The van der Waals surface area contributed by atoms with Crippen LogP contribution < -0.4 is 10.2 Å². The zero-order chi connectivity index (χ0) is 28.5. The molecule has 0 saturated heterocycles. The third kappa shape index (κ3) is 7.68. The van der Waals surface area contributed by atoms with Crippen LogP contribution in [0.4, 0.5) is 5.69 Å². The summed E-state index contributed by atoms with van der Waals surface area (Å²) in [6, 6.07) is 30.8. The minimum absolute atomic E-state index is 0.355. The lowest BCUT2D eigenvalue weighted by atomic mass is 9.93. The Morgan fingerprint density at radius 3 is 2.30 bits per heavy atom. The fourth-order valence-corrected chi connectivity index (χ4v) is 5.31. The maximum Gasteiger partial charge on any atom is 0.326 e. The van der Waals surface area contributed by atoms with Crippen molar-refractivity contribution >= 4 is 40.9 Å². The van der Waals surface area contributed by atoms with E-state index in [-0.39, 0.29) is 0 Å². The lowest BCUT2D eigenvalue weighted by Crippen LogP contribution is -2.41. The van der Waals surface area contributed by atoms with Gasteiger partial charge in [0.1, 0.15) is 6.04 Å². The van der Waals surface area contributed by atoms with Crippen LogP contribution in [-0.4, -0.2) is 35.0 Å². The number of carboxylic acids is 1. The van der Waals surface area contributed by atoms with Crippen LogP contribution in [0.2, 0.25) is 5.02 Å². The second-order valence-corrected chi connectivity index (χ2v) is 11.1. The topological polar surface area (TPSA) is 69.6 Å². The van der Waals surface area contributed by atoms with Crippen molar-refractivity contribution in [3.8, 4) is 11.1 Å². The van der Waals surface area contributed by atoms with Crippen molar-refractivity contribution in [1.29, 1.82) is 0 Å². The molecule has 206 valence electrons. The quantitative estimate of drug-likeness (QED) is 0.184. The molecule has 0 aliphatic heterocycles. The summed E-state index contributed by atoms with van der Waals surface area (Å²) < 4.78 is 0. The van der Waals surface area contributed by atoms with Gasteiger partial charge in [0.2, 0.25) is 0 Å². The SMILES string of the molecule is CSCC[C@H](NC(=O)c1ccc(CN(Cc2ccccc2)c2cccc(Cl)c2)cc1-c1ccccc1C)C(=O)O. The average molecular weight is 573 g/mol. The predicted octanol–water partition coefficient (Wildman–Crippen LogP) is 7.46. The van der Waals surface area contributed by atoms with Gasteiger partial charge in [-0.25, -0.2) is 4.79 Å². The van der Waals surface area contributed by atoms with Gasteiger partial charge in [0.05, 0.1) is 0 Å². The molecule has 0 saturated carbocycles. The average Bonchev–Trinajstić information content (AvgIpc) is 2.95. The van der Waals surface area contributed by atoms with Crippen molar-refractivity contribution in [2.45, 2.75) is 32.5 Å². The summed E-state index contributed by atoms with van der Waals surface area (Å²) in [5.41, 5.74) is 6.36. The van der Waals surface area contributed by atoms with E-state index >= 15 is 0 Å². The first-order valence-corrected chi connectivity index (χ1v) is 14.9. The Labute approximate surface area is 245 Å². The lowest BCUT2D eigenvalue weighted by Gasteiger charge is -2.26. The number of carbonyl (C=O) groups excluding carboxylic acids is 1. The number of rotatable bonds is 12. The molecule has 4 aromatic carbocycles. The molecule has 0 radical (unpaired) electrons. The van der Waals surface area contributed by atoms with E-state index in [0.717, 1.165) is 27.9 Å². The van der Waals surface area contributed by atoms with Gasteiger partial charge in [-0.05, 0) is 83.5 Å². The van der Waals surface area contributed by atoms with Crippen molar-refractivity contribution in [1.82, 2.24) is 5.32 Å². The Morgan fingerprint density at radius 1 is 0.875 bits per heavy atom. The summed E-state index contributed by atoms with van der Waals surface area (Å²) in [5.74, 6) is -0.787. The van der Waals surface area contributed by atoms with Crippen molar-refractivity contribution in [3.63, 3.8) is 0 Å². The Hall–Kier alpha value is -3.74. The zero-order valence-electron chi connectivity index (χ0n) is 22.6. The summed E-state index contributed by atoms with van der Waals surface area (Å²) in [7, 11) is 0. The van der Waals surface area contributed by atoms with Gasteiger partial charge in [-0.3, -0.25) is 4.79 Å². The minimum atomic E-state index is -1.03. The molecule has 0 aliphatic carbocycles. The summed E-state index contributed by atoms with van der Waals surface area (Å²) >= 11 is 7.91. The molecule has 0 fully saturated rings. The summed E-state index contributed by atoms with van der Waals surface area (Å²) in [4.78, 5) is 27.5. The summed E-state index contributed by atoms with van der Waals surface area (Å²) in [6.07, 6.45) is 2.27. The second kappa shape index (κ2) is 14.1. The number of aryl methyl sites for hydroxylation is 1. The molecule has 4 rings (SSSR count). The second-order valence-electron chi connectivity index (χ2n) is 9.66. The van der Waals surface area contributed by atoms with Gasteiger partial charge in [0, 0.05) is 29.4 Å². The van der Waals surface area contributed by atoms with Gasteiger partial charge in [0.25, 0.3) is 5.91 Å².